The van der Waals surface area contributed by atoms with Gasteiger partial charge in [-0.1, -0.05) is 6.07 Å². The van der Waals surface area contributed by atoms with Gasteiger partial charge in [-0.15, -0.1) is 0 Å². The fourth-order valence-electron chi connectivity index (χ4n) is 2.79. The number of ether oxygens (including phenoxy) is 1. The number of methoxy groups -OCH3 is 1. The number of hydrogen-bond donors (Lipinski definition) is 3. The highest BCUT2D eigenvalue weighted by atomic mass is 16.5. The minimum Gasteiger partial charge on any atom is -0.390 e. The molecule has 1 heterocycles. The van der Waals surface area contributed by atoms with E-state index in [1.165, 1.54) is 0 Å². The van der Waals surface area contributed by atoms with Gasteiger partial charge in [0.2, 0.25) is 5.91 Å². The van der Waals surface area contributed by atoms with Crippen molar-refractivity contribution in [1.82, 2.24) is 10.3 Å². The summed E-state index contributed by atoms with van der Waals surface area (Å²) in [6, 6.07) is 3.89. The van der Waals surface area contributed by atoms with Crippen LogP contribution in [0.15, 0.2) is 18.3 Å². The van der Waals surface area contributed by atoms with E-state index in [-0.39, 0.29) is 17.9 Å². The second-order valence-corrected chi connectivity index (χ2v) is 5.74. The number of amides is 1. The zero-order chi connectivity index (χ0) is 15.9. The van der Waals surface area contributed by atoms with E-state index in [2.05, 4.69) is 15.6 Å². The van der Waals surface area contributed by atoms with Gasteiger partial charge in [0.25, 0.3) is 0 Å². The van der Waals surface area contributed by atoms with Crippen LogP contribution in [0.5, 0.6) is 0 Å². The van der Waals surface area contributed by atoms with Crippen molar-refractivity contribution in [2.75, 3.05) is 25.5 Å². The molecule has 122 valence electrons. The van der Waals surface area contributed by atoms with Crippen molar-refractivity contribution in [3.63, 3.8) is 0 Å². The van der Waals surface area contributed by atoms with Crippen molar-refractivity contribution in [3.05, 3.63) is 23.9 Å². The van der Waals surface area contributed by atoms with Crippen LogP contribution in [0.4, 0.5) is 5.82 Å². The summed E-state index contributed by atoms with van der Waals surface area (Å²) >= 11 is 0. The smallest absolute Gasteiger partial charge is 0.223 e. The van der Waals surface area contributed by atoms with E-state index in [1.54, 1.807) is 13.3 Å². The molecular weight excluding hydrogens is 282 g/mol. The molecule has 2 rings (SSSR count). The lowest BCUT2D eigenvalue weighted by Gasteiger charge is -2.31. The largest absolute Gasteiger partial charge is 0.390 e. The minimum absolute atomic E-state index is 0.0356. The Hall–Kier alpha value is -1.66. The molecule has 1 aromatic heterocycles. The van der Waals surface area contributed by atoms with Crippen molar-refractivity contribution in [2.24, 2.45) is 5.92 Å². The monoisotopic (exact) mass is 307 g/mol. The molecule has 1 aliphatic carbocycles. The molecule has 0 bridgehead atoms. The number of hydrogen-bond acceptors (Lipinski definition) is 5. The Balaban J connectivity index is 1.71. The van der Waals surface area contributed by atoms with Crippen molar-refractivity contribution in [1.29, 1.82) is 0 Å². The summed E-state index contributed by atoms with van der Waals surface area (Å²) in [6.45, 7) is 3.17. The van der Waals surface area contributed by atoms with Crippen molar-refractivity contribution >= 4 is 11.7 Å². The predicted octanol–water partition coefficient (Wildman–Crippen LogP) is 1.09. The lowest BCUT2D eigenvalue weighted by atomic mass is 9.84. The number of nitrogens with one attached hydrogen (secondary N) is 2. The second kappa shape index (κ2) is 8.10. The van der Waals surface area contributed by atoms with Gasteiger partial charge in [-0.2, -0.15) is 0 Å². The van der Waals surface area contributed by atoms with Gasteiger partial charge in [-0.3, -0.25) is 4.79 Å². The molecule has 6 heteroatoms. The van der Waals surface area contributed by atoms with E-state index in [0.29, 0.717) is 32.4 Å². The Morgan fingerprint density at radius 3 is 3.00 bits per heavy atom. The van der Waals surface area contributed by atoms with Crippen LogP contribution in [0.3, 0.4) is 0 Å². The van der Waals surface area contributed by atoms with Gasteiger partial charge in [0, 0.05) is 32.3 Å². The van der Waals surface area contributed by atoms with Crippen molar-refractivity contribution in [2.45, 2.75) is 38.4 Å². The fourth-order valence-corrected chi connectivity index (χ4v) is 2.79. The summed E-state index contributed by atoms with van der Waals surface area (Å²) in [6.07, 6.45) is 2.95. The van der Waals surface area contributed by atoms with Crippen LogP contribution < -0.4 is 10.6 Å². The van der Waals surface area contributed by atoms with E-state index in [4.69, 9.17) is 4.74 Å². The van der Waals surface area contributed by atoms with Crippen LogP contribution >= 0.6 is 0 Å². The zero-order valence-electron chi connectivity index (χ0n) is 13.2. The van der Waals surface area contributed by atoms with Gasteiger partial charge < -0.3 is 20.5 Å². The van der Waals surface area contributed by atoms with E-state index < -0.39 is 6.10 Å². The molecule has 3 atom stereocenters. The lowest BCUT2D eigenvalue weighted by Crippen LogP contribution is -2.42. The highest BCUT2D eigenvalue weighted by molar-refractivity contribution is 5.78. The number of rotatable bonds is 6. The predicted molar refractivity (Wildman–Crippen MR) is 84.6 cm³/mol. The number of aliphatic hydroxyl groups is 1. The third-order valence-electron chi connectivity index (χ3n) is 4.16. The summed E-state index contributed by atoms with van der Waals surface area (Å²) < 4.78 is 5.23. The molecule has 3 N–H and O–H groups in total. The molecule has 6 nitrogen and oxygen atoms in total. The highest BCUT2D eigenvalue weighted by Crippen LogP contribution is 2.26. The van der Waals surface area contributed by atoms with Crippen LogP contribution in [-0.2, 0) is 9.53 Å². The highest BCUT2D eigenvalue weighted by Gasteiger charge is 2.32. The summed E-state index contributed by atoms with van der Waals surface area (Å²) in [7, 11) is 1.58. The number of nitrogens with zero attached hydrogens (tertiary/aromatic N) is 1. The number of carbonyl (C=O) groups excluding carboxylic acids is 1. The van der Waals surface area contributed by atoms with E-state index in [0.717, 1.165) is 11.4 Å². The first-order chi connectivity index (χ1) is 10.6. The maximum atomic E-state index is 12.2. The first kappa shape index (κ1) is 16.7. The van der Waals surface area contributed by atoms with Crippen molar-refractivity contribution in [3.8, 4) is 0 Å². The molecule has 1 amide bonds. The van der Waals surface area contributed by atoms with E-state index in [9.17, 15) is 9.90 Å². The van der Waals surface area contributed by atoms with Crippen LogP contribution in [0.2, 0.25) is 0 Å². The van der Waals surface area contributed by atoms with E-state index in [1.807, 2.05) is 19.1 Å². The molecule has 0 unspecified atom stereocenters. The molecule has 0 aromatic carbocycles. The Morgan fingerprint density at radius 1 is 1.45 bits per heavy atom. The molecule has 0 aliphatic heterocycles. The van der Waals surface area contributed by atoms with Gasteiger partial charge in [-0.25, -0.2) is 4.98 Å². The molecule has 1 aromatic rings. The second-order valence-electron chi connectivity index (χ2n) is 5.74. The normalized spacial score (nSPS) is 24.8. The number of aromatic nitrogens is 1. The zero-order valence-corrected chi connectivity index (χ0v) is 13.2. The average Bonchev–Trinajstić information content (AvgIpc) is 2.53. The number of aliphatic hydroxyl groups excluding tert-OH is 1. The van der Waals surface area contributed by atoms with E-state index >= 15 is 0 Å². The average molecular weight is 307 g/mol. The number of aryl methyl sites for hydroxylation is 1. The molecule has 1 fully saturated rings. The Labute approximate surface area is 131 Å². The minimum atomic E-state index is -0.456. The van der Waals surface area contributed by atoms with Gasteiger partial charge in [0.05, 0.1) is 12.2 Å². The maximum Gasteiger partial charge on any atom is 0.223 e. The Morgan fingerprint density at radius 2 is 2.27 bits per heavy atom. The van der Waals surface area contributed by atoms with Crippen LogP contribution in [0, 0.1) is 12.8 Å². The first-order valence-corrected chi connectivity index (χ1v) is 7.76. The Kier molecular flexibility index (Phi) is 6.15. The fraction of sp³-hybridized carbons (Fsp3) is 0.625. The summed E-state index contributed by atoms with van der Waals surface area (Å²) in [5.41, 5.74) is 1.08. The molecular formula is C16H25N3O3. The number of pyridine rings is 1. The summed E-state index contributed by atoms with van der Waals surface area (Å²) in [5, 5.41) is 15.9. The van der Waals surface area contributed by atoms with Gasteiger partial charge in [0.15, 0.2) is 0 Å². The molecule has 1 saturated carbocycles. The summed E-state index contributed by atoms with van der Waals surface area (Å²) in [5.74, 6) is 0.801. The van der Waals surface area contributed by atoms with Crippen LogP contribution in [-0.4, -0.2) is 48.4 Å². The van der Waals surface area contributed by atoms with Crippen LogP contribution in [0.25, 0.3) is 0 Å². The third kappa shape index (κ3) is 4.42. The lowest BCUT2D eigenvalue weighted by molar-refractivity contribution is -0.130. The van der Waals surface area contributed by atoms with Gasteiger partial charge >= 0.3 is 0 Å². The first-order valence-electron chi connectivity index (χ1n) is 7.76. The standard InChI is InChI=1S/C16H25N3O3/c1-11-4-3-7-17-15(11)18-8-9-19-16(21)12-5-6-13(20)14(10-12)22-2/h3-4,7,12-14,20H,5-6,8-10H2,1-2H3,(H,17,18)(H,19,21)/t12-,13+,14-/m1/s1. The molecule has 0 spiro atoms. The quantitative estimate of drug-likeness (QED) is 0.685. The molecule has 0 radical (unpaired) electrons. The molecule has 1 aliphatic rings. The SMILES string of the molecule is CO[C@@H]1C[C@H](C(=O)NCCNc2ncccc2C)CC[C@@H]1O. The third-order valence-corrected chi connectivity index (χ3v) is 4.16. The summed E-state index contributed by atoms with van der Waals surface area (Å²) in [4.78, 5) is 16.4. The number of carbonyl (C=O) groups is 1. The molecule has 0 saturated heterocycles. The van der Waals surface area contributed by atoms with Gasteiger partial charge in [0.1, 0.15) is 5.82 Å². The van der Waals surface area contributed by atoms with Crippen molar-refractivity contribution < 1.29 is 14.6 Å². The van der Waals surface area contributed by atoms with Gasteiger partial charge in [-0.05, 0) is 37.8 Å². The van der Waals surface area contributed by atoms with Crippen LogP contribution in [0.1, 0.15) is 24.8 Å². The maximum absolute atomic E-state index is 12.2. The Bertz CT molecular complexity index is 495. The molecule has 22 heavy (non-hydrogen) atoms. The topological polar surface area (TPSA) is 83.5 Å². The number of anilines is 1.